The molecule has 0 amide bonds. The predicted molar refractivity (Wildman–Crippen MR) is 84.9 cm³/mol. The quantitative estimate of drug-likeness (QED) is 0.385. The van der Waals surface area contributed by atoms with Crippen LogP contribution in [0.2, 0.25) is 0 Å². The Morgan fingerprint density at radius 3 is 1.72 bits per heavy atom. The van der Waals surface area contributed by atoms with Crippen LogP contribution in [-0.4, -0.2) is 0 Å². The first-order valence-electron chi connectivity index (χ1n) is 8.53. The third kappa shape index (κ3) is 9.00. The lowest BCUT2D eigenvalue weighted by Gasteiger charge is -2.22. The number of rotatable bonds is 11. The lowest BCUT2D eigenvalue weighted by atomic mass is 9.84. The van der Waals surface area contributed by atoms with Gasteiger partial charge < -0.3 is 0 Å². The maximum Gasteiger partial charge on any atom is -0.0412 e. The van der Waals surface area contributed by atoms with E-state index in [9.17, 15) is 0 Å². The van der Waals surface area contributed by atoms with Gasteiger partial charge in [0.2, 0.25) is 0 Å². The van der Waals surface area contributed by atoms with Gasteiger partial charge in [-0.3, -0.25) is 0 Å². The van der Waals surface area contributed by atoms with Crippen LogP contribution in [0.3, 0.4) is 0 Å². The summed E-state index contributed by atoms with van der Waals surface area (Å²) < 4.78 is 0. The number of hydrogen-bond donors (Lipinski definition) is 0. The van der Waals surface area contributed by atoms with Crippen LogP contribution in [0.15, 0.2) is 0 Å². The highest BCUT2D eigenvalue weighted by Crippen LogP contribution is 2.27. The van der Waals surface area contributed by atoms with Gasteiger partial charge in [0, 0.05) is 0 Å². The molecular weight excluding hydrogens is 216 g/mol. The van der Waals surface area contributed by atoms with Crippen molar-refractivity contribution >= 4 is 0 Å². The molecular formula is C18H38. The molecule has 0 aromatic rings. The summed E-state index contributed by atoms with van der Waals surface area (Å²) in [6.07, 6.45) is 11.3. The average molecular weight is 255 g/mol. The van der Waals surface area contributed by atoms with E-state index in [4.69, 9.17) is 0 Å². The maximum atomic E-state index is 2.47. The molecule has 0 aromatic carbocycles. The van der Waals surface area contributed by atoms with Crippen LogP contribution in [-0.2, 0) is 0 Å². The van der Waals surface area contributed by atoms with E-state index in [1.54, 1.807) is 0 Å². The van der Waals surface area contributed by atoms with Crippen LogP contribution < -0.4 is 0 Å². The van der Waals surface area contributed by atoms with Gasteiger partial charge in [-0.25, -0.2) is 0 Å². The van der Waals surface area contributed by atoms with Gasteiger partial charge in [-0.2, -0.15) is 0 Å². The van der Waals surface area contributed by atoms with Gasteiger partial charge in [-0.15, -0.1) is 0 Å². The van der Waals surface area contributed by atoms with Crippen molar-refractivity contribution in [2.75, 3.05) is 0 Å². The molecule has 0 N–H and O–H groups in total. The average Bonchev–Trinajstić information content (AvgIpc) is 2.32. The molecule has 0 fully saturated rings. The molecule has 0 radical (unpaired) electrons. The molecule has 0 aliphatic rings. The zero-order valence-electron chi connectivity index (χ0n) is 14.0. The Morgan fingerprint density at radius 1 is 0.667 bits per heavy atom. The second-order valence-electron chi connectivity index (χ2n) is 6.88. The predicted octanol–water partition coefficient (Wildman–Crippen LogP) is 6.69. The summed E-state index contributed by atoms with van der Waals surface area (Å²) in [6.45, 7) is 14.2. The van der Waals surface area contributed by atoms with Gasteiger partial charge in [-0.05, 0) is 36.5 Å². The molecule has 0 rings (SSSR count). The Balaban J connectivity index is 3.93. The summed E-state index contributed by atoms with van der Waals surface area (Å²) in [5.74, 6) is 3.76. The second kappa shape index (κ2) is 10.9. The van der Waals surface area contributed by atoms with Crippen LogP contribution in [0.5, 0.6) is 0 Å². The number of hydrogen-bond acceptors (Lipinski definition) is 0. The van der Waals surface area contributed by atoms with Crippen LogP contribution >= 0.6 is 0 Å². The summed E-state index contributed by atoms with van der Waals surface area (Å²) in [5.41, 5.74) is 0. The van der Waals surface area contributed by atoms with E-state index in [0.29, 0.717) is 0 Å². The Morgan fingerprint density at radius 2 is 1.28 bits per heavy atom. The van der Waals surface area contributed by atoms with E-state index in [1.807, 2.05) is 0 Å². The summed E-state index contributed by atoms with van der Waals surface area (Å²) >= 11 is 0. The summed E-state index contributed by atoms with van der Waals surface area (Å²) in [4.78, 5) is 0. The molecule has 18 heavy (non-hydrogen) atoms. The highest BCUT2D eigenvalue weighted by atomic mass is 14.2. The van der Waals surface area contributed by atoms with Gasteiger partial charge in [0.25, 0.3) is 0 Å². The van der Waals surface area contributed by atoms with Crippen molar-refractivity contribution in [1.29, 1.82) is 0 Å². The Bertz CT molecular complexity index is 167. The van der Waals surface area contributed by atoms with Crippen molar-refractivity contribution in [1.82, 2.24) is 0 Å². The molecule has 0 bridgehead atoms. The standard InChI is InChI=1S/C18H38/c1-7-10-18(13-15(4)5)12-11-16(6)14-17(8-2)9-3/h15-18H,7-14H2,1-6H3. The zero-order chi connectivity index (χ0) is 14.0. The minimum atomic E-state index is 0.871. The first-order valence-corrected chi connectivity index (χ1v) is 8.53. The third-order valence-electron chi connectivity index (χ3n) is 4.46. The van der Waals surface area contributed by atoms with E-state index >= 15 is 0 Å². The fourth-order valence-corrected chi connectivity index (χ4v) is 3.28. The molecule has 0 aliphatic heterocycles. The topological polar surface area (TPSA) is 0 Å². The highest BCUT2D eigenvalue weighted by molar-refractivity contribution is 4.66. The fraction of sp³-hybridized carbons (Fsp3) is 1.00. The van der Waals surface area contributed by atoms with Crippen molar-refractivity contribution in [2.24, 2.45) is 23.7 Å². The van der Waals surface area contributed by atoms with Crippen molar-refractivity contribution in [3.63, 3.8) is 0 Å². The maximum absolute atomic E-state index is 2.47. The monoisotopic (exact) mass is 254 g/mol. The minimum absolute atomic E-state index is 0.871. The molecule has 2 unspecified atom stereocenters. The van der Waals surface area contributed by atoms with E-state index in [-0.39, 0.29) is 0 Å². The molecule has 0 aliphatic carbocycles. The van der Waals surface area contributed by atoms with E-state index in [0.717, 1.165) is 23.7 Å². The normalized spacial score (nSPS) is 15.3. The Labute approximate surface area is 117 Å². The van der Waals surface area contributed by atoms with Crippen LogP contribution in [0.4, 0.5) is 0 Å². The molecule has 0 heteroatoms. The largest absolute Gasteiger partial charge is 0.0654 e. The highest BCUT2D eigenvalue weighted by Gasteiger charge is 2.14. The molecule has 0 spiro atoms. The molecule has 0 nitrogen and oxygen atoms in total. The molecule has 0 saturated carbocycles. The molecule has 0 aromatic heterocycles. The van der Waals surface area contributed by atoms with E-state index < -0.39 is 0 Å². The Hall–Kier alpha value is 0. The van der Waals surface area contributed by atoms with Crippen molar-refractivity contribution in [2.45, 2.75) is 92.9 Å². The van der Waals surface area contributed by atoms with Crippen LogP contribution in [0.1, 0.15) is 92.9 Å². The lowest BCUT2D eigenvalue weighted by Crippen LogP contribution is -2.09. The SMILES string of the molecule is CCCC(CCC(C)CC(CC)CC)CC(C)C. The van der Waals surface area contributed by atoms with E-state index in [2.05, 4.69) is 41.5 Å². The van der Waals surface area contributed by atoms with Crippen molar-refractivity contribution in [3.8, 4) is 0 Å². The molecule has 110 valence electrons. The lowest BCUT2D eigenvalue weighted by molar-refractivity contribution is 0.298. The summed E-state index contributed by atoms with van der Waals surface area (Å²) in [7, 11) is 0. The molecule has 0 saturated heterocycles. The first-order chi connectivity index (χ1) is 8.53. The van der Waals surface area contributed by atoms with Gasteiger partial charge >= 0.3 is 0 Å². The van der Waals surface area contributed by atoms with Crippen molar-refractivity contribution in [3.05, 3.63) is 0 Å². The molecule has 2 atom stereocenters. The molecule has 0 heterocycles. The Kier molecular flexibility index (Phi) is 10.9. The zero-order valence-corrected chi connectivity index (χ0v) is 14.0. The third-order valence-corrected chi connectivity index (χ3v) is 4.46. The van der Waals surface area contributed by atoms with Gasteiger partial charge in [0.1, 0.15) is 0 Å². The van der Waals surface area contributed by atoms with Crippen LogP contribution in [0, 0.1) is 23.7 Å². The first kappa shape index (κ1) is 18.0. The van der Waals surface area contributed by atoms with E-state index in [1.165, 1.54) is 51.4 Å². The van der Waals surface area contributed by atoms with Gasteiger partial charge in [-0.1, -0.05) is 80.1 Å². The minimum Gasteiger partial charge on any atom is -0.0654 e. The van der Waals surface area contributed by atoms with Crippen LogP contribution in [0.25, 0.3) is 0 Å². The fourth-order valence-electron chi connectivity index (χ4n) is 3.28. The van der Waals surface area contributed by atoms with Crippen molar-refractivity contribution < 1.29 is 0 Å². The summed E-state index contributed by atoms with van der Waals surface area (Å²) in [6, 6.07) is 0. The second-order valence-corrected chi connectivity index (χ2v) is 6.88. The van der Waals surface area contributed by atoms with Gasteiger partial charge in [0.15, 0.2) is 0 Å². The van der Waals surface area contributed by atoms with Gasteiger partial charge in [0.05, 0.1) is 0 Å². The summed E-state index contributed by atoms with van der Waals surface area (Å²) in [5, 5.41) is 0. The smallest absolute Gasteiger partial charge is 0.0412 e.